The van der Waals surface area contributed by atoms with Gasteiger partial charge in [0.1, 0.15) is 6.04 Å². The number of nitrogens with one attached hydrogen (secondary N) is 3. The van der Waals surface area contributed by atoms with E-state index in [1.807, 2.05) is 0 Å². The van der Waals surface area contributed by atoms with Gasteiger partial charge in [-0.25, -0.2) is 14.6 Å². The van der Waals surface area contributed by atoms with Crippen molar-refractivity contribution >= 4 is 12.0 Å². The normalized spacial score (nSPS) is 21.0. The zero-order valence-electron chi connectivity index (χ0n) is 11.6. The molecule has 0 aliphatic heterocycles. The fourth-order valence-electron chi connectivity index (χ4n) is 2.17. The number of carboxylic acids is 1. The van der Waals surface area contributed by atoms with Crippen molar-refractivity contribution in [3.63, 3.8) is 0 Å². The minimum absolute atomic E-state index is 0.178. The number of imidazole rings is 1. The number of hydrogen-bond donors (Lipinski definition) is 4. The minimum Gasteiger partial charge on any atom is -0.480 e. The fraction of sp³-hybridized carbons (Fsp3) is 0.615. The van der Waals surface area contributed by atoms with Crippen LogP contribution >= 0.6 is 0 Å². The van der Waals surface area contributed by atoms with Crippen LogP contribution in [0.15, 0.2) is 12.5 Å². The molecule has 1 aromatic heterocycles. The van der Waals surface area contributed by atoms with E-state index in [1.54, 1.807) is 6.20 Å². The van der Waals surface area contributed by atoms with Gasteiger partial charge < -0.3 is 20.7 Å². The SMILES string of the molecule is CC1(C)CC1CNC(=O)N[C@@H](Cc1cnc[nH]1)C(=O)O. The van der Waals surface area contributed by atoms with E-state index < -0.39 is 18.0 Å². The zero-order chi connectivity index (χ0) is 14.8. The van der Waals surface area contributed by atoms with Crippen LogP contribution in [0.25, 0.3) is 0 Å². The average Bonchev–Trinajstić information content (AvgIpc) is 2.78. The number of carboxylic acid groups (broad SMARTS) is 1. The highest BCUT2D eigenvalue weighted by Gasteiger charge is 2.45. The molecule has 2 amide bonds. The first kappa shape index (κ1) is 14.4. The summed E-state index contributed by atoms with van der Waals surface area (Å²) in [5, 5.41) is 14.3. The molecule has 0 bridgehead atoms. The number of aliphatic carboxylic acids is 1. The van der Waals surface area contributed by atoms with Gasteiger partial charge in [-0.2, -0.15) is 0 Å². The van der Waals surface area contributed by atoms with E-state index in [9.17, 15) is 9.59 Å². The zero-order valence-corrected chi connectivity index (χ0v) is 11.6. The van der Waals surface area contributed by atoms with Crippen molar-refractivity contribution in [3.8, 4) is 0 Å². The molecule has 1 saturated carbocycles. The lowest BCUT2D eigenvalue weighted by Gasteiger charge is -2.14. The Kier molecular flexibility index (Phi) is 3.96. The summed E-state index contributed by atoms with van der Waals surface area (Å²) in [5.41, 5.74) is 0.955. The summed E-state index contributed by atoms with van der Waals surface area (Å²) in [7, 11) is 0. The molecular weight excluding hydrogens is 260 g/mol. The van der Waals surface area contributed by atoms with Crippen molar-refractivity contribution in [1.82, 2.24) is 20.6 Å². The first-order valence-electron chi connectivity index (χ1n) is 6.63. The van der Waals surface area contributed by atoms with Crippen molar-refractivity contribution in [2.24, 2.45) is 11.3 Å². The van der Waals surface area contributed by atoms with E-state index >= 15 is 0 Å². The third-order valence-electron chi connectivity index (χ3n) is 3.81. The van der Waals surface area contributed by atoms with Gasteiger partial charge in [-0.1, -0.05) is 13.8 Å². The molecule has 1 fully saturated rings. The van der Waals surface area contributed by atoms with Crippen molar-refractivity contribution in [3.05, 3.63) is 18.2 Å². The van der Waals surface area contributed by atoms with Gasteiger partial charge in [-0.3, -0.25) is 0 Å². The number of rotatable bonds is 6. The first-order chi connectivity index (χ1) is 9.38. The number of hydrogen-bond acceptors (Lipinski definition) is 3. The Morgan fingerprint density at radius 3 is 2.80 bits per heavy atom. The Balaban J connectivity index is 1.79. The lowest BCUT2D eigenvalue weighted by atomic mass is 10.1. The van der Waals surface area contributed by atoms with E-state index in [0.717, 1.165) is 6.42 Å². The van der Waals surface area contributed by atoms with Crippen LogP contribution in [0, 0.1) is 11.3 Å². The summed E-state index contributed by atoms with van der Waals surface area (Å²) < 4.78 is 0. The Labute approximate surface area is 117 Å². The molecule has 1 heterocycles. The molecule has 20 heavy (non-hydrogen) atoms. The Hall–Kier alpha value is -2.05. The molecular formula is C13H20N4O3. The smallest absolute Gasteiger partial charge is 0.326 e. The molecule has 110 valence electrons. The van der Waals surface area contributed by atoms with Crippen LogP contribution in [-0.2, 0) is 11.2 Å². The number of H-pyrrole nitrogens is 1. The standard InChI is InChI=1S/C13H20N4O3/c1-13(2)4-8(13)5-15-12(20)17-10(11(18)19)3-9-6-14-7-16-9/h6-8,10H,3-5H2,1-2H3,(H,14,16)(H,18,19)(H2,15,17,20)/t8?,10-/m0/s1. The maximum absolute atomic E-state index is 11.7. The van der Waals surface area contributed by atoms with Crippen LogP contribution in [0.5, 0.6) is 0 Å². The predicted octanol–water partition coefficient (Wildman–Crippen LogP) is 0.751. The van der Waals surface area contributed by atoms with Crippen LogP contribution in [0.2, 0.25) is 0 Å². The highest BCUT2D eigenvalue weighted by atomic mass is 16.4. The Bertz CT molecular complexity index is 484. The Morgan fingerprint density at radius 2 is 2.30 bits per heavy atom. The van der Waals surface area contributed by atoms with Crippen LogP contribution in [0.1, 0.15) is 26.0 Å². The van der Waals surface area contributed by atoms with Gasteiger partial charge in [0.25, 0.3) is 0 Å². The van der Waals surface area contributed by atoms with Gasteiger partial charge in [0, 0.05) is 24.9 Å². The average molecular weight is 280 g/mol. The van der Waals surface area contributed by atoms with Gasteiger partial charge in [0.05, 0.1) is 6.33 Å². The van der Waals surface area contributed by atoms with Gasteiger partial charge in [-0.15, -0.1) is 0 Å². The maximum atomic E-state index is 11.7. The molecule has 0 spiro atoms. The highest BCUT2D eigenvalue weighted by Crippen LogP contribution is 2.50. The summed E-state index contributed by atoms with van der Waals surface area (Å²) in [6.07, 6.45) is 4.28. The minimum atomic E-state index is -1.07. The van der Waals surface area contributed by atoms with Crippen LogP contribution in [0.4, 0.5) is 4.79 Å². The predicted molar refractivity (Wildman–Crippen MR) is 72.1 cm³/mol. The Morgan fingerprint density at radius 1 is 1.60 bits per heavy atom. The first-order valence-corrected chi connectivity index (χ1v) is 6.63. The monoisotopic (exact) mass is 280 g/mol. The lowest BCUT2D eigenvalue weighted by molar-refractivity contribution is -0.139. The molecule has 2 rings (SSSR count). The quantitative estimate of drug-likeness (QED) is 0.616. The van der Waals surface area contributed by atoms with E-state index in [1.165, 1.54) is 6.33 Å². The summed E-state index contributed by atoms with van der Waals surface area (Å²) in [6, 6.07) is -1.41. The molecule has 0 radical (unpaired) electrons. The number of aromatic nitrogens is 2. The van der Waals surface area contributed by atoms with Gasteiger partial charge in [-0.05, 0) is 17.8 Å². The molecule has 1 aliphatic rings. The van der Waals surface area contributed by atoms with E-state index in [4.69, 9.17) is 5.11 Å². The second-order valence-corrected chi connectivity index (χ2v) is 5.92. The molecule has 7 heteroatoms. The summed E-state index contributed by atoms with van der Waals surface area (Å²) in [5.74, 6) is -0.592. The van der Waals surface area contributed by atoms with Crippen molar-refractivity contribution in [2.45, 2.75) is 32.7 Å². The van der Waals surface area contributed by atoms with E-state index in [0.29, 0.717) is 18.2 Å². The third kappa shape index (κ3) is 3.72. The van der Waals surface area contributed by atoms with Gasteiger partial charge in [0.2, 0.25) is 0 Å². The topological polar surface area (TPSA) is 107 Å². The number of urea groups is 1. The summed E-state index contributed by atoms with van der Waals surface area (Å²) in [4.78, 5) is 29.5. The molecule has 0 aromatic carbocycles. The summed E-state index contributed by atoms with van der Waals surface area (Å²) in [6.45, 7) is 4.88. The maximum Gasteiger partial charge on any atom is 0.326 e. The number of aromatic amines is 1. The fourth-order valence-corrected chi connectivity index (χ4v) is 2.17. The van der Waals surface area contributed by atoms with Crippen LogP contribution in [-0.4, -0.2) is 39.7 Å². The third-order valence-corrected chi connectivity index (χ3v) is 3.81. The number of carbonyl (C=O) groups is 2. The summed E-state index contributed by atoms with van der Waals surface area (Å²) >= 11 is 0. The molecule has 0 saturated heterocycles. The molecule has 7 nitrogen and oxygen atoms in total. The second kappa shape index (κ2) is 5.52. The molecule has 1 aromatic rings. The lowest BCUT2D eigenvalue weighted by Crippen LogP contribution is -2.47. The highest BCUT2D eigenvalue weighted by molar-refractivity contribution is 5.82. The molecule has 2 atom stereocenters. The van der Waals surface area contributed by atoms with Crippen molar-refractivity contribution in [1.29, 1.82) is 0 Å². The van der Waals surface area contributed by atoms with Crippen LogP contribution < -0.4 is 10.6 Å². The molecule has 1 aliphatic carbocycles. The number of carbonyl (C=O) groups excluding carboxylic acids is 1. The number of amides is 2. The van der Waals surface area contributed by atoms with Gasteiger partial charge in [0.15, 0.2) is 0 Å². The van der Waals surface area contributed by atoms with E-state index in [2.05, 4.69) is 34.4 Å². The number of nitrogens with zero attached hydrogens (tertiary/aromatic N) is 1. The van der Waals surface area contributed by atoms with E-state index in [-0.39, 0.29) is 11.8 Å². The second-order valence-electron chi connectivity index (χ2n) is 5.92. The molecule has 4 N–H and O–H groups in total. The molecule has 1 unspecified atom stereocenters. The van der Waals surface area contributed by atoms with Crippen LogP contribution in [0.3, 0.4) is 0 Å². The van der Waals surface area contributed by atoms with Crippen molar-refractivity contribution in [2.75, 3.05) is 6.54 Å². The van der Waals surface area contributed by atoms with Crippen molar-refractivity contribution < 1.29 is 14.7 Å². The van der Waals surface area contributed by atoms with Gasteiger partial charge >= 0.3 is 12.0 Å². The largest absolute Gasteiger partial charge is 0.480 e.